The van der Waals surface area contributed by atoms with Gasteiger partial charge in [0.05, 0.1) is 26.0 Å². The molecule has 6 nitrogen and oxygen atoms in total. The summed E-state index contributed by atoms with van der Waals surface area (Å²) < 4.78 is 29.9. The first-order valence-corrected chi connectivity index (χ1v) is 8.71. The van der Waals surface area contributed by atoms with Gasteiger partial charge in [-0.1, -0.05) is 23.7 Å². The van der Waals surface area contributed by atoms with Crippen molar-refractivity contribution in [2.45, 2.75) is 6.10 Å². The highest BCUT2D eigenvalue weighted by Gasteiger charge is 2.25. The van der Waals surface area contributed by atoms with E-state index in [9.17, 15) is 13.2 Å². The van der Waals surface area contributed by atoms with E-state index in [-0.39, 0.29) is 18.6 Å². The molecule has 0 radical (unpaired) electrons. The van der Waals surface area contributed by atoms with E-state index >= 15 is 0 Å². The number of carbonyl (C=O) groups is 1. The normalized spacial score (nSPS) is 19.5. The summed E-state index contributed by atoms with van der Waals surface area (Å²) in [5.41, 5.74) is 0.938. The maximum atomic E-state index is 12.0. The lowest BCUT2D eigenvalue weighted by molar-refractivity contribution is -0.137. The summed E-state index contributed by atoms with van der Waals surface area (Å²) in [4.78, 5) is 13.6. The van der Waals surface area contributed by atoms with Crippen molar-refractivity contribution in [1.82, 2.24) is 9.62 Å². The summed E-state index contributed by atoms with van der Waals surface area (Å²) in [5, 5.41) is 0.639. The molecule has 8 heteroatoms. The van der Waals surface area contributed by atoms with Gasteiger partial charge in [0, 0.05) is 11.6 Å². The first kappa shape index (κ1) is 16.2. The minimum Gasteiger partial charge on any atom is -0.370 e. The van der Waals surface area contributed by atoms with Gasteiger partial charge >= 0.3 is 0 Å². The van der Waals surface area contributed by atoms with Gasteiger partial charge in [-0.3, -0.25) is 4.79 Å². The molecule has 1 amide bonds. The molecule has 1 aromatic carbocycles. The number of rotatable bonds is 4. The van der Waals surface area contributed by atoms with E-state index in [0.29, 0.717) is 24.7 Å². The Morgan fingerprint density at radius 2 is 2.10 bits per heavy atom. The Balaban J connectivity index is 1.97. The molecule has 1 atom stereocenters. The summed E-state index contributed by atoms with van der Waals surface area (Å²) in [6.45, 7) is 1.03. The Morgan fingerprint density at radius 1 is 1.43 bits per heavy atom. The molecule has 0 unspecified atom stereocenters. The van der Waals surface area contributed by atoms with Gasteiger partial charge < -0.3 is 9.64 Å². The van der Waals surface area contributed by atoms with E-state index in [0.717, 1.165) is 11.8 Å². The van der Waals surface area contributed by atoms with Crippen LogP contribution in [0.2, 0.25) is 5.02 Å². The Labute approximate surface area is 129 Å². The molecule has 0 aliphatic carbocycles. The molecule has 0 spiro atoms. The zero-order valence-electron chi connectivity index (χ0n) is 11.6. The summed E-state index contributed by atoms with van der Waals surface area (Å²) in [6, 6.07) is 7.25. The van der Waals surface area contributed by atoms with Gasteiger partial charge in [0.1, 0.15) is 6.10 Å². The Bertz CT molecular complexity index is 603. The van der Waals surface area contributed by atoms with Crippen LogP contribution in [-0.4, -0.2) is 51.7 Å². The van der Waals surface area contributed by atoms with Crippen LogP contribution in [0.3, 0.4) is 0 Å². The predicted molar refractivity (Wildman–Crippen MR) is 79.6 cm³/mol. The monoisotopic (exact) mass is 332 g/mol. The molecule has 21 heavy (non-hydrogen) atoms. The molecule has 1 aliphatic rings. The van der Waals surface area contributed by atoms with Crippen molar-refractivity contribution in [2.75, 3.05) is 32.5 Å². The third-order valence-electron chi connectivity index (χ3n) is 3.15. The zero-order valence-corrected chi connectivity index (χ0v) is 13.2. The van der Waals surface area contributed by atoms with Crippen molar-refractivity contribution < 1.29 is 17.9 Å². The number of amides is 1. The highest BCUT2D eigenvalue weighted by molar-refractivity contribution is 7.88. The second-order valence-electron chi connectivity index (χ2n) is 4.84. The summed E-state index contributed by atoms with van der Waals surface area (Å²) in [7, 11) is -3.37. The fourth-order valence-corrected chi connectivity index (χ4v) is 2.57. The maximum absolute atomic E-state index is 12.0. The Hall–Kier alpha value is -1.15. The molecule has 0 saturated carbocycles. The van der Waals surface area contributed by atoms with Crippen molar-refractivity contribution in [3.05, 3.63) is 34.9 Å². The van der Waals surface area contributed by atoms with Crippen LogP contribution in [0.1, 0.15) is 11.7 Å². The lowest BCUT2D eigenvalue weighted by Gasteiger charge is -2.33. The van der Waals surface area contributed by atoms with Crippen LogP contribution < -0.4 is 4.72 Å². The van der Waals surface area contributed by atoms with Crippen molar-refractivity contribution in [1.29, 1.82) is 0 Å². The van der Waals surface area contributed by atoms with E-state index in [1.807, 2.05) is 12.1 Å². The molecule has 116 valence electrons. The zero-order chi connectivity index (χ0) is 15.5. The summed E-state index contributed by atoms with van der Waals surface area (Å²) >= 11 is 5.84. The van der Waals surface area contributed by atoms with Crippen LogP contribution in [0.5, 0.6) is 0 Å². The van der Waals surface area contributed by atoms with E-state index in [1.165, 1.54) is 0 Å². The minimum atomic E-state index is -3.37. The van der Waals surface area contributed by atoms with Crippen molar-refractivity contribution >= 4 is 27.5 Å². The SMILES string of the molecule is CS(=O)(=O)NCC(=O)N1CCO[C@H](c2ccc(Cl)cc2)C1. The molecular formula is C13H17ClN2O4S. The van der Waals surface area contributed by atoms with Gasteiger partial charge in [0.25, 0.3) is 0 Å². The van der Waals surface area contributed by atoms with Crippen LogP contribution in [0.4, 0.5) is 0 Å². The predicted octanol–water partition coefficient (Wildman–Crippen LogP) is 0.789. The number of halogens is 1. The molecule has 1 aromatic rings. The van der Waals surface area contributed by atoms with Crippen LogP contribution in [0, 0.1) is 0 Å². The smallest absolute Gasteiger partial charge is 0.237 e. The Kier molecular flexibility index (Phi) is 5.21. The lowest BCUT2D eigenvalue weighted by atomic mass is 10.1. The number of morpholine rings is 1. The van der Waals surface area contributed by atoms with Gasteiger partial charge in [-0.05, 0) is 17.7 Å². The fraction of sp³-hybridized carbons (Fsp3) is 0.462. The van der Waals surface area contributed by atoms with Crippen LogP contribution in [0.25, 0.3) is 0 Å². The first-order chi connectivity index (χ1) is 9.85. The van der Waals surface area contributed by atoms with Gasteiger partial charge in [0.2, 0.25) is 15.9 Å². The second-order valence-corrected chi connectivity index (χ2v) is 7.11. The fourth-order valence-electron chi connectivity index (χ4n) is 2.06. The molecule has 1 aliphatic heterocycles. The molecule has 0 bridgehead atoms. The largest absolute Gasteiger partial charge is 0.370 e. The standard InChI is InChI=1S/C13H17ClN2O4S/c1-21(18,19)15-8-13(17)16-6-7-20-12(9-16)10-2-4-11(14)5-3-10/h2-5,12,15H,6-9H2,1H3/t12-/m0/s1. The average Bonchev–Trinajstić information content (AvgIpc) is 2.45. The molecule has 1 N–H and O–H groups in total. The second kappa shape index (κ2) is 6.74. The molecule has 1 heterocycles. The molecular weight excluding hydrogens is 316 g/mol. The average molecular weight is 333 g/mol. The summed E-state index contributed by atoms with van der Waals surface area (Å²) in [5.74, 6) is -0.261. The molecule has 1 fully saturated rings. The van der Waals surface area contributed by atoms with Crippen molar-refractivity contribution in [3.63, 3.8) is 0 Å². The van der Waals surface area contributed by atoms with Crippen LogP contribution in [0.15, 0.2) is 24.3 Å². The number of nitrogens with one attached hydrogen (secondary N) is 1. The highest BCUT2D eigenvalue weighted by atomic mass is 35.5. The Morgan fingerprint density at radius 3 is 2.71 bits per heavy atom. The van der Waals surface area contributed by atoms with Crippen LogP contribution >= 0.6 is 11.6 Å². The van der Waals surface area contributed by atoms with E-state index < -0.39 is 10.0 Å². The number of benzene rings is 1. The number of nitrogens with zero attached hydrogens (tertiary/aromatic N) is 1. The van der Waals surface area contributed by atoms with Crippen molar-refractivity contribution in [2.24, 2.45) is 0 Å². The number of ether oxygens (including phenoxy) is 1. The van der Waals surface area contributed by atoms with Gasteiger partial charge in [-0.2, -0.15) is 0 Å². The lowest BCUT2D eigenvalue weighted by Crippen LogP contribution is -2.46. The molecule has 1 saturated heterocycles. The minimum absolute atomic E-state index is 0.224. The first-order valence-electron chi connectivity index (χ1n) is 6.44. The van der Waals surface area contributed by atoms with E-state index in [4.69, 9.17) is 16.3 Å². The highest BCUT2D eigenvalue weighted by Crippen LogP contribution is 2.23. The quantitative estimate of drug-likeness (QED) is 0.884. The van der Waals surface area contributed by atoms with Gasteiger partial charge in [-0.25, -0.2) is 13.1 Å². The van der Waals surface area contributed by atoms with Gasteiger partial charge in [-0.15, -0.1) is 0 Å². The van der Waals surface area contributed by atoms with E-state index in [2.05, 4.69) is 4.72 Å². The van der Waals surface area contributed by atoms with Crippen LogP contribution in [-0.2, 0) is 19.6 Å². The number of hydrogen-bond donors (Lipinski definition) is 1. The summed E-state index contributed by atoms with van der Waals surface area (Å²) in [6.07, 6.45) is 0.800. The van der Waals surface area contributed by atoms with Gasteiger partial charge in [0.15, 0.2) is 0 Å². The van der Waals surface area contributed by atoms with E-state index in [1.54, 1.807) is 17.0 Å². The number of sulfonamides is 1. The number of carbonyl (C=O) groups excluding carboxylic acids is 1. The molecule has 0 aromatic heterocycles. The third-order valence-corrected chi connectivity index (χ3v) is 4.07. The van der Waals surface area contributed by atoms with Crippen molar-refractivity contribution in [3.8, 4) is 0 Å². The maximum Gasteiger partial charge on any atom is 0.237 e. The topological polar surface area (TPSA) is 75.7 Å². The third kappa shape index (κ3) is 4.96. The molecule has 2 rings (SSSR count). The number of hydrogen-bond acceptors (Lipinski definition) is 4.